The normalized spacial score (nSPS) is 13.4. The summed E-state index contributed by atoms with van der Waals surface area (Å²) in [5.41, 5.74) is 0. The van der Waals surface area contributed by atoms with Crippen molar-refractivity contribution in [1.82, 2.24) is 0 Å². The largest absolute Gasteiger partial charge is 0.396 e. The molecule has 0 aromatic heterocycles. The van der Waals surface area contributed by atoms with Crippen LogP contribution >= 0.6 is 0 Å². The Bertz CT molecular complexity index is 352. The molecule has 0 heterocycles. The van der Waals surface area contributed by atoms with E-state index in [0.29, 0.717) is 12.5 Å². The van der Waals surface area contributed by atoms with E-state index in [0.717, 1.165) is 5.92 Å². The second-order valence-electron chi connectivity index (χ2n) is 11.7. The van der Waals surface area contributed by atoms with Crippen molar-refractivity contribution in [3.8, 4) is 0 Å². The molecule has 2 unspecified atom stereocenters. The van der Waals surface area contributed by atoms with Gasteiger partial charge in [0, 0.05) is 6.61 Å². The molecule has 0 amide bonds. The van der Waals surface area contributed by atoms with Crippen LogP contribution in [0.25, 0.3) is 0 Å². The van der Waals surface area contributed by atoms with E-state index in [-0.39, 0.29) is 0 Å². The number of rotatable bonds is 29. The molecular weight excluding hydrogens is 412 g/mol. The molecule has 1 N–H and O–H groups in total. The van der Waals surface area contributed by atoms with Crippen LogP contribution in [0.3, 0.4) is 0 Å². The second-order valence-corrected chi connectivity index (χ2v) is 11.7. The lowest BCUT2D eigenvalue weighted by Gasteiger charge is -2.19. The quantitative estimate of drug-likeness (QED) is 0.105. The average Bonchev–Trinajstić information content (AvgIpc) is 2.84. The zero-order valence-corrected chi connectivity index (χ0v) is 24.4. The van der Waals surface area contributed by atoms with E-state index < -0.39 is 0 Å². The van der Waals surface area contributed by atoms with Gasteiger partial charge in [0.25, 0.3) is 0 Å². The predicted octanol–water partition coefficient (Wildman–Crippen LogP) is 11.8. The summed E-state index contributed by atoms with van der Waals surface area (Å²) in [5, 5.41) is 9.82. The highest BCUT2D eigenvalue weighted by Crippen LogP contribution is 2.23. The molecule has 0 bridgehead atoms. The maximum absolute atomic E-state index is 9.82. The highest BCUT2D eigenvalue weighted by atomic mass is 16.3. The first-order valence-corrected chi connectivity index (χ1v) is 16.3. The lowest BCUT2D eigenvalue weighted by molar-refractivity contribution is 0.189. The number of unbranched alkanes of at least 4 members (excludes halogenated alkanes) is 22. The van der Waals surface area contributed by atoms with Crippen LogP contribution in [0.15, 0.2) is 0 Å². The summed E-state index contributed by atoms with van der Waals surface area (Å²) in [4.78, 5) is 0. The van der Waals surface area contributed by atoms with E-state index in [1.165, 1.54) is 173 Å². The predicted molar refractivity (Wildman–Crippen MR) is 156 cm³/mol. The fraction of sp³-hybridized carbons (Fsp3) is 1.00. The molecule has 0 aliphatic carbocycles. The molecule has 0 saturated carbocycles. The minimum Gasteiger partial charge on any atom is -0.396 e. The monoisotopic (exact) mass is 481 g/mol. The van der Waals surface area contributed by atoms with Crippen LogP contribution in [-0.2, 0) is 0 Å². The van der Waals surface area contributed by atoms with Crippen molar-refractivity contribution in [3.05, 3.63) is 0 Å². The van der Waals surface area contributed by atoms with Gasteiger partial charge in [-0.3, -0.25) is 0 Å². The van der Waals surface area contributed by atoms with Gasteiger partial charge < -0.3 is 5.11 Å². The van der Waals surface area contributed by atoms with Gasteiger partial charge in [-0.1, -0.05) is 181 Å². The number of hydrogen-bond acceptors (Lipinski definition) is 1. The molecule has 0 aromatic rings. The summed E-state index contributed by atoms with van der Waals surface area (Å²) >= 11 is 0. The summed E-state index contributed by atoms with van der Waals surface area (Å²) in [6.07, 6.45) is 38.1. The van der Waals surface area contributed by atoms with Crippen molar-refractivity contribution in [2.75, 3.05) is 6.61 Å². The summed E-state index contributed by atoms with van der Waals surface area (Å²) in [6, 6.07) is 0. The maximum Gasteiger partial charge on any atom is 0.0459 e. The Morgan fingerprint density at radius 1 is 0.412 bits per heavy atom. The lowest BCUT2D eigenvalue weighted by Crippen LogP contribution is -2.11. The zero-order chi connectivity index (χ0) is 25.0. The standard InChI is InChI=1S/C33H68O/c1-4-6-8-10-12-14-16-17-18-19-21-23-25-27-29-33(31-34)30-32(3)28-26-24-22-20-15-13-11-9-7-5-2/h32-34H,4-31H2,1-3H3. The molecule has 0 aliphatic rings. The van der Waals surface area contributed by atoms with Crippen molar-refractivity contribution in [3.63, 3.8) is 0 Å². The molecule has 2 atom stereocenters. The third-order valence-corrected chi connectivity index (χ3v) is 8.01. The summed E-state index contributed by atoms with van der Waals surface area (Å²) in [7, 11) is 0. The van der Waals surface area contributed by atoms with Crippen molar-refractivity contribution < 1.29 is 5.11 Å². The third-order valence-electron chi connectivity index (χ3n) is 8.01. The maximum atomic E-state index is 9.82. The molecule has 0 radical (unpaired) electrons. The van der Waals surface area contributed by atoms with Crippen LogP contribution in [0, 0.1) is 11.8 Å². The van der Waals surface area contributed by atoms with Gasteiger partial charge in [-0.05, 0) is 24.7 Å². The summed E-state index contributed by atoms with van der Waals surface area (Å²) < 4.78 is 0. The highest BCUT2D eigenvalue weighted by Gasteiger charge is 2.12. The van der Waals surface area contributed by atoms with Crippen LogP contribution in [0.1, 0.15) is 194 Å². The van der Waals surface area contributed by atoms with Crippen LogP contribution < -0.4 is 0 Å². The lowest BCUT2D eigenvalue weighted by atomic mass is 9.88. The number of aliphatic hydroxyl groups excluding tert-OH is 1. The van der Waals surface area contributed by atoms with Crippen LogP contribution in [0.4, 0.5) is 0 Å². The van der Waals surface area contributed by atoms with E-state index in [4.69, 9.17) is 0 Å². The molecule has 0 spiro atoms. The molecule has 0 fully saturated rings. The Balaban J connectivity index is 3.41. The molecule has 34 heavy (non-hydrogen) atoms. The minimum atomic E-state index is 0.404. The van der Waals surface area contributed by atoms with Crippen molar-refractivity contribution in [2.45, 2.75) is 194 Å². The number of hydrogen-bond donors (Lipinski definition) is 1. The van der Waals surface area contributed by atoms with Crippen LogP contribution in [-0.4, -0.2) is 11.7 Å². The van der Waals surface area contributed by atoms with Crippen LogP contribution in [0.5, 0.6) is 0 Å². The van der Waals surface area contributed by atoms with E-state index in [2.05, 4.69) is 20.8 Å². The zero-order valence-electron chi connectivity index (χ0n) is 24.4. The smallest absolute Gasteiger partial charge is 0.0459 e. The molecule has 206 valence electrons. The van der Waals surface area contributed by atoms with E-state index in [9.17, 15) is 5.11 Å². The van der Waals surface area contributed by atoms with Crippen molar-refractivity contribution >= 4 is 0 Å². The molecular formula is C33H68O. The topological polar surface area (TPSA) is 20.2 Å². The molecule has 0 rings (SSSR count). The second kappa shape index (κ2) is 29.2. The molecule has 0 saturated heterocycles. The molecule has 1 heteroatoms. The first-order chi connectivity index (χ1) is 16.7. The third kappa shape index (κ3) is 26.6. The Morgan fingerprint density at radius 3 is 1.03 bits per heavy atom. The Morgan fingerprint density at radius 2 is 0.706 bits per heavy atom. The average molecular weight is 481 g/mol. The fourth-order valence-electron chi connectivity index (χ4n) is 5.58. The number of aliphatic hydroxyl groups is 1. The molecule has 0 aliphatic heterocycles. The van der Waals surface area contributed by atoms with E-state index >= 15 is 0 Å². The van der Waals surface area contributed by atoms with Gasteiger partial charge in [0.15, 0.2) is 0 Å². The Kier molecular flexibility index (Phi) is 29.2. The first-order valence-electron chi connectivity index (χ1n) is 16.3. The van der Waals surface area contributed by atoms with Crippen molar-refractivity contribution in [2.24, 2.45) is 11.8 Å². The molecule has 1 nitrogen and oxygen atoms in total. The van der Waals surface area contributed by atoms with Gasteiger partial charge in [0.05, 0.1) is 0 Å². The van der Waals surface area contributed by atoms with Gasteiger partial charge in [-0.2, -0.15) is 0 Å². The fourth-order valence-corrected chi connectivity index (χ4v) is 5.58. The minimum absolute atomic E-state index is 0.404. The Hall–Kier alpha value is -0.0400. The van der Waals surface area contributed by atoms with Gasteiger partial charge in [0.1, 0.15) is 0 Å². The molecule has 0 aromatic carbocycles. The van der Waals surface area contributed by atoms with Gasteiger partial charge >= 0.3 is 0 Å². The SMILES string of the molecule is CCCCCCCCCCCCCCCCC(CO)CC(C)CCCCCCCCCCCC. The summed E-state index contributed by atoms with van der Waals surface area (Å²) in [6.45, 7) is 7.42. The van der Waals surface area contributed by atoms with Crippen molar-refractivity contribution in [1.29, 1.82) is 0 Å². The first kappa shape index (κ1) is 34.0. The highest BCUT2D eigenvalue weighted by molar-refractivity contribution is 4.64. The summed E-state index contributed by atoms with van der Waals surface area (Å²) in [5.74, 6) is 1.34. The Labute approximate surface area is 217 Å². The van der Waals surface area contributed by atoms with Gasteiger partial charge in [-0.25, -0.2) is 0 Å². The van der Waals surface area contributed by atoms with E-state index in [1.807, 2.05) is 0 Å². The van der Waals surface area contributed by atoms with E-state index in [1.54, 1.807) is 0 Å². The van der Waals surface area contributed by atoms with Gasteiger partial charge in [0.2, 0.25) is 0 Å². The van der Waals surface area contributed by atoms with Gasteiger partial charge in [-0.15, -0.1) is 0 Å². The van der Waals surface area contributed by atoms with Crippen LogP contribution in [0.2, 0.25) is 0 Å².